The maximum absolute atomic E-state index is 13.2. The minimum absolute atomic E-state index is 0.0174. The van der Waals surface area contributed by atoms with Crippen molar-refractivity contribution in [2.45, 2.75) is 29.4 Å². The Bertz CT molecular complexity index is 1310. The van der Waals surface area contributed by atoms with Crippen molar-refractivity contribution in [2.24, 2.45) is 0 Å². The number of nitrogens with one attached hydrogen (secondary N) is 2. The summed E-state index contributed by atoms with van der Waals surface area (Å²) in [7, 11) is -3.70. The van der Waals surface area contributed by atoms with E-state index >= 15 is 0 Å². The first-order valence-corrected chi connectivity index (χ1v) is 12.5. The van der Waals surface area contributed by atoms with Gasteiger partial charge in [-0.05, 0) is 48.5 Å². The molecule has 0 amide bonds. The van der Waals surface area contributed by atoms with Crippen molar-refractivity contribution in [3.63, 3.8) is 0 Å². The summed E-state index contributed by atoms with van der Waals surface area (Å²) in [4.78, 5) is 1.84. The number of hydrogen-bond acceptors (Lipinski definition) is 7. The lowest BCUT2D eigenvalue weighted by Gasteiger charge is -2.44. The quantitative estimate of drug-likeness (QED) is 0.455. The summed E-state index contributed by atoms with van der Waals surface area (Å²) < 4.78 is 77.0. The fourth-order valence-corrected chi connectivity index (χ4v) is 5.61. The van der Waals surface area contributed by atoms with Crippen LogP contribution in [-0.2, 0) is 14.7 Å². The molecule has 2 aliphatic heterocycles. The van der Waals surface area contributed by atoms with Gasteiger partial charge in [-0.1, -0.05) is 24.3 Å². The summed E-state index contributed by atoms with van der Waals surface area (Å²) in [5.41, 5.74) is 1.44. The number of ether oxygens (including phenoxy) is 3. The number of benzene rings is 3. The summed E-state index contributed by atoms with van der Waals surface area (Å²) in [5.74, 6) is 0.708. The molecule has 36 heavy (non-hydrogen) atoms. The van der Waals surface area contributed by atoms with Crippen LogP contribution in [0.15, 0.2) is 77.7 Å². The lowest BCUT2D eigenvalue weighted by atomic mass is 9.98. The topological polar surface area (TPSA) is 104 Å². The molecule has 4 unspecified atom stereocenters. The molecule has 0 aromatic heterocycles. The lowest BCUT2D eigenvalue weighted by Crippen LogP contribution is -2.60. The Balaban J connectivity index is 1.39. The summed E-state index contributed by atoms with van der Waals surface area (Å²) >= 11 is 0. The highest BCUT2D eigenvalue weighted by molar-refractivity contribution is 7.90. The number of nitrogens with zero attached hydrogens (tertiary/aromatic N) is 1. The van der Waals surface area contributed by atoms with E-state index in [1.54, 1.807) is 0 Å². The lowest BCUT2D eigenvalue weighted by molar-refractivity contribution is -0.274. The molecule has 0 bridgehead atoms. The Morgan fingerprint density at radius 2 is 1.56 bits per heavy atom. The number of rotatable bonds is 5. The van der Waals surface area contributed by atoms with E-state index in [1.807, 2.05) is 53.4 Å². The van der Waals surface area contributed by atoms with Crippen molar-refractivity contribution in [1.29, 1.82) is 4.78 Å². The fraction of sp³-hybridized carbons (Fsp3) is 0.250. The van der Waals surface area contributed by atoms with Crippen LogP contribution in [0.3, 0.4) is 0 Å². The molecule has 190 valence electrons. The molecule has 4 atom stereocenters. The minimum Gasteiger partial charge on any atom is -0.453 e. The molecular formula is C24H22F3N3O5S. The molecule has 1 saturated heterocycles. The molecule has 3 N–H and O–H groups in total. The Hall–Kier alpha value is -3.32. The third-order valence-electron chi connectivity index (χ3n) is 5.90. The normalized spacial score (nSPS) is 23.1. The van der Waals surface area contributed by atoms with Gasteiger partial charge in [-0.2, -0.15) is 0 Å². The van der Waals surface area contributed by atoms with Crippen molar-refractivity contribution in [1.82, 2.24) is 4.72 Å². The maximum atomic E-state index is 13.2. The van der Waals surface area contributed by atoms with Crippen molar-refractivity contribution in [2.75, 3.05) is 18.1 Å². The van der Waals surface area contributed by atoms with Gasteiger partial charge < -0.3 is 24.2 Å². The molecular weight excluding hydrogens is 499 g/mol. The zero-order valence-electron chi connectivity index (χ0n) is 18.6. The predicted octanol–water partition coefficient (Wildman–Crippen LogP) is 4.57. The molecule has 12 heteroatoms. The van der Waals surface area contributed by atoms with Crippen LogP contribution in [0.1, 0.15) is 0 Å². The highest BCUT2D eigenvalue weighted by Crippen LogP contribution is 2.48. The number of para-hydroxylation sites is 4. The van der Waals surface area contributed by atoms with E-state index in [2.05, 4.69) is 9.46 Å². The van der Waals surface area contributed by atoms with Crippen molar-refractivity contribution >= 4 is 21.3 Å². The third-order valence-corrected chi connectivity index (χ3v) is 7.47. The van der Waals surface area contributed by atoms with E-state index in [0.717, 1.165) is 35.6 Å². The molecule has 0 aliphatic carbocycles. The maximum Gasteiger partial charge on any atom is 0.573 e. The van der Waals surface area contributed by atoms with Crippen molar-refractivity contribution < 1.29 is 36.7 Å². The van der Waals surface area contributed by atoms with Gasteiger partial charge in [0.05, 0.1) is 47.7 Å². The van der Waals surface area contributed by atoms with E-state index in [0.29, 0.717) is 11.5 Å². The largest absolute Gasteiger partial charge is 0.573 e. The molecule has 1 fully saturated rings. The number of alkyl halides is 3. The van der Waals surface area contributed by atoms with E-state index in [1.165, 1.54) is 0 Å². The molecule has 2 aliphatic rings. The zero-order chi connectivity index (χ0) is 25.5. The van der Waals surface area contributed by atoms with Gasteiger partial charge in [0, 0.05) is 0 Å². The van der Waals surface area contributed by atoms with Gasteiger partial charge in [-0.15, -0.1) is 13.2 Å². The third kappa shape index (κ3) is 4.85. The average molecular weight is 522 g/mol. The van der Waals surface area contributed by atoms with Crippen LogP contribution in [0.4, 0.5) is 24.5 Å². The van der Waals surface area contributed by atoms with Gasteiger partial charge >= 0.3 is 6.36 Å². The minimum atomic E-state index is -4.86. The standard InChI is InChI=1S/C24H22F3N3O5S/c25-24(26,27)35-15-9-11-16(12-10-15)36(28,32)29-17-13-33-14-20(23(17)31)30-18-5-1-3-7-21(18)34-22-8-4-2-6-19(22)30/h1-12,17,20,23,31H,13-14H2,(H2,28,29,32). The first-order chi connectivity index (χ1) is 17.1. The summed E-state index contributed by atoms with van der Waals surface area (Å²) in [6, 6.07) is 17.4. The Morgan fingerprint density at radius 3 is 2.14 bits per heavy atom. The summed E-state index contributed by atoms with van der Waals surface area (Å²) in [6.07, 6.45) is -5.98. The van der Waals surface area contributed by atoms with Gasteiger partial charge in [0.25, 0.3) is 0 Å². The van der Waals surface area contributed by atoms with Crippen LogP contribution < -0.4 is 19.1 Å². The van der Waals surface area contributed by atoms with Gasteiger partial charge in [0.15, 0.2) is 11.5 Å². The van der Waals surface area contributed by atoms with Crippen LogP contribution in [0, 0.1) is 4.78 Å². The number of halogens is 3. The van der Waals surface area contributed by atoms with Gasteiger partial charge in [-0.3, -0.25) is 0 Å². The Labute approximate surface area is 205 Å². The smallest absolute Gasteiger partial charge is 0.453 e. The monoisotopic (exact) mass is 521 g/mol. The molecule has 2 heterocycles. The number of hydrogen-bond donors (Lipinski definition) is 3. The summed E-state index contributed by atoms with van der Waals surface area (Å²) in [5, 5.41) is 11.3. The molecule has 8 nitrogen and oxygen atoms in total. The molecule has 3 aromatic rings. The Kier molecular flexibility index (Phi) is 6.29. The van der Waals surface area contributed by atoms with E-state index < -0.39 is 40.2 Å². The van der Waals surface area contributed by atoms with Gasteiger partial charge in [0.2, 0.25) is 0 Å². The fourth-order valence-electron chi connectivity index (χ4n) is 4.32. The summed E-state index contributed by atoms with van der Waals surface area (Å²) in [6.45, 7) is 0.140. The predicted molar refractivity (Wildman–Crippen MR) is 125 cm³/mol. The molecule has 0 radical (unpaired) electrons. The van der Waals surface area contributed by atoms with Gasteiger partial charge in [-0.25, -0.2) is 13.7 Å². The SMILES string of the molecule is N=S(=O)(NC1COCC(N2c3ccccc3Oc3ccccc32)C1O)c1ccc(OC(F)(F)F)cc1. The first kappa shape index (κ1) is 24.4. The second-order valence-electron chi connectivity index (χ2n) is 8.30. The van der Waals surface area contributed by atoms with Crippen LogP contribution in [0.25, 0.3) is 0 Å². The molecule has 5 rings (SSSR count). The van der Waals surface area contributed by atoms with Crippen LogP contribution in [0.5, 0.6) is 17.2 Å². The number of aliphatic hydroxyl groups is 1. The zero-order valence-corrected chi connectivity index (χ0v) is 19.5. The second kappa shape index (κ2) is 9.28. The van der Waals surface area contributed by atoms with Crippen LogP contribution in [-0.4, -0.2) is 47.1 Å². The van der Waals surface area contributed by atoms with E-state index in [4.69, 9.17) is 14.3 Å². The first-order valence-electron chi connectivity index (χ1n) is 11.0. The van der Waals surface area contributed by atoms with E-state index in [-0.39, 0.29) is 18.1 Å². The molecule has 0 spiro atoms. The van der Waals surface area contributed by atoms with Crippen molar-refractivity contribution in [3.05, 3.63) is 72.8 Å². The highest BCUT2D eigenvalue weighted by atomic mass is 32.2. The van der Waals surface area contributed by atoms with Gasteiger partial charge in [0.1, 0.15) is 15.7 Å². The van der Waals surface area contributed by atoms with Crippen molar-refractivity contribution in [3.8, 4) is 17.2 Å². The van der Waals surface area contributed by atoms with E-state index in [9.17, 15) is 22.5 Å². The number of fused-ring (bicyclic) bond motifs is 2. The highest BCUT2D eigenvalue weighted by Gasteiger charge is 2.41. The van der Waals surface area contributed by atoms with Crippen LogP contribution >= 0.6 is 0 Å². The Morgan fingerprint density at radius 1 is 0.972 bits per heavy atom. The number of anilines is 2. The molecule has 0 saturated carbocycles. The number of aliphatic hydroxyl groups excluding tert-OH is 1. The molecule has 3 aromatic carbocycles. The average Bonchev–Trinajstić information content (AvgIpc) is 2.83. The second-order valence-corrected chi connectivity index (χ2v) is 10.1. The van der Waals surface area contributed by atoms with Crippen LogP contribution in [0.2, 0.25) is 0 Å².